The van der Waals surface area contributed by atoms with Crippen LogP contribution >= 0.6 is 0 Å². The van der Waals surface area contributed by atoms with Gasteiger partial charge < -0.3 is 4.74 Å². The molecule has 0 bridgehead atoms. The average Bonchev–Trinajstić information content (AvgIpc) is 2.78. The van der Waals surface area contributed by atoms with Gasteiger partial charge in [0.15, 0.2) is 0 Å². The number of nitrogens with one attached hydrogen (secondary N) is 1. The van der Waals surface area contributed by atoms with Crippen molar-refractivity contribution in [2.45, 2.75) is 57.1 Å². The predicted octanol–water partition coefficient (Wildman–Crippen LogP) is 2.78. The Kier molecular flexibility index (Phi) is 7.67. The van der Waals surface area contributed by atoms with Crippen LogP contribution in [0.4, 0.5) is 0 Å². The van der Waals surface area contributed by atoms with E-state index in [1.54, 1.807) is 43.3 Å². The summed E-state index contributed by atoms with van der Waals surface area (Å²) in [5.41, 5.74) is 3.25. The van der Waals surface area contributed by atoms with E-state index in [0.29, 0.717) is 23.7 Å². The number of fused-ring (bicyclic) bond motifs is 1. The number of benzene rings is 2. The number of ether oxygens (including phenoxy) is 1. The molecule has 170 valence electrons. The van der Waals surface area contributed by atoms with Crippen LogP contribution in [0, 0.1) is 11.3 Å². The van der Waals surface area contributed by atoms with E-state index in [0.717, 1.165) is 24.1 Å². The molecular weight excluding hydrogens is 426 g/mol. The largest absolute Gasteiger partial charge is 0.465 e. The van der Waals surface area contributed by atoms with Crippen LogP contribution in [0.3, 0.4) is 0 Å². The van der Waals surface area contributed by atoms with E-state index in [1.807, 2.05) is 6.07 Å². The molecule has 0 radical (unpaired) electrons. The van der Waals surface area contributed by atoms with Crippen molar-refractivity contribution in [1.29, 1.82) is 5.26 Å². The summed E-state index contributed by atoms with van der Waals surface area (Å²) in [5, 5.41) is 9.12. The number of hydrogen-bond acceptors (Lipinski definition) is 6. The number of carbonyl (C=O) groups excluding carboxylic acids is 1. The second-order valence-electron chi connectivity index (χ2n) is 8.19. The van der Waals surface area contributed by atoms with Gasteiger partial charge in [-0.2, -0.15) is 9.98 Å². The van der Waals surface area contributed by atoms with Crippen LogP contribution in [-0.2, 0) is 38.9 Å². The minimum absolute atomic E-state index is 0.0830. The van der Waals surface area contributed by atoms with E-state index in [1.165, 1.54) is 0 Å². The zero-order chi connectivity index (χ0) is 23.3. The first kappa shape index (κ1) is 23.9. The Hall–Kier alpha value is -2.73. The average molecular weight is 456 g/mol. The second kappa shape index (κ2) is 10.3. The van der Waals surface area contributed by atoms with Crippen LogP contribution in [0.25, 0.3) is 0 Å². The molecule has 0 amide bonds. The molecule has 0 unspecified atom stereocenters. The predicted molar refractivity (Wildman–Crippen MR) is 121 cm³/mol. The third kappa shape index (κ3) is 5.74. The van der Waals surface area contributed by atoms with E-state index in [-0.39, 0.29) is 17.9 Å². The summed E-state index contributed by atoms with van der Waals surface area (Å²) >= 11 is 0. The van der Waals surface area contributed by atoms with Crippen molar-refractivity contribution in [3.8, 4) is 6.07 Å². The molecule has 0 aromatic heterocycles. The van der Waals surface area contributed by atoms with Gasteiger partial charge in [-0.3, -0.25) is 9.69 Å². The molecule has 2 aromatic carbocycles. The van der Waals surface area contributed by atoms with Gasteiger partial charge >= 0.3 is 5.97 Å². The maximum atomic E-state index is 13.2. The summed E-state index contributed by atoms with van der Waals surface area (Å²) in [6, 6.07) is 13.2. The number of nitriles is 1. The first-order chi connectivity index (χ1) is 15.2. The van der Waals surface area contributed by atoms with Crippen molar-refractivity contribution in [3.63, 3.8) is 0 Å². The molecular formula is C24H29N3O4S. The van der Waals surface area contributed by atoms with Crippen LogP contribution in [0.5, 0.6) is 0 Å². The van der Waals surface area contributed by atoms with Crippen molar-refractivity contribution in [1.82, 2.24) is 9.62 Å². The highest BCUT2D eigenvalue weighted by Gasteiger charge is 2.28. The molecule has 7 nitrogen and oxygen atoms in total. The lowest BCUT2D eigenvalue weighted by atomic mass is 9.99. The molecule has 1 aliphatic rings. The summed E-state index contributed by atoms with van der Waals surface area (Å²) in [6.07, 6.45) is 0.960. The molecule has 1 N–H and O–H groups in total. The van der Waals surface area contributed by atoms with Gasteiger partial charge in [-0.1, -0.05) is 18.2 Å². The fraction of sp³-hybridized carbons (Fsp3) is 0.417. The number of hydrogen-bond donors (Lipinski definition) is 1. The Morgan fingerprint density at radius 3 is 2.69 bits per heavy atom. The van der Waals surface area contributed by atoms with E-state index in [9.17, 15) is 13.2 Å². The van der Waals surface area contributed by atoms with Gasteiger partial charge in [-0.15, -0.1) is 0 Å². The quantitative estimate of drug-likeness (QED) is 0.615. The number of sulfonamides is 1. The maximum absolute atomic E-state index is 13.2. The summed E-state index contributed by atoms with van der Waals surface area (Å²) in [6.45, 7) is 7.69. The molecule has 1 heterocycles. The van der Waals surface area contributed by atoms with Crippen LogP contribution in [0.15, 0.2) is 47.4 Å². The van der Waals surface area contributed by atoms with E-state index < -0.39 is 22.0 Å². The van der Waals surface area contributed by atoms with Gasteiger partial charge in [-0.05, 0) is 74.6 Å². The minimum Gasteiger partial charge on any atom is -0.465 e. The third-order valence-corrected chi connectivity index (χ3v) is 7.09. The molecule has 1 atom stereocenters. The lowest BCUT2D eigenvalue weighted by molar-refractivity contribution is -0.145. The van der Waals surface area contributed by atoms with Crippen LogP contribution < -0.4 is 4.72 Å². The van der Waals surface area contributed by atoms with Crippen LogP contribution in [0.2, 0.25) is 0 Å². The fourth-order valence-electron chi connectivity index (χ4n) is 3.84. The van der Waals surface area contributed by atoms with Gasteiger partial charge in [0.1, 0.15) is 6.04 Å². The topological polar surface area (TPSA) is 99.5 Å². The highest BCUT2D eigenvalue weighted by Crippen LogP contribution is 2.24. The van der Waals surface area contributed by atoms with Gasteiger partial charge in [0.2, 0.25) is 10.0 Å². The highest BCUT2D eigenvalue weighted by atomic mass is 32.2. The Balaban J connectivity index is 1.86. The summed E-state index contributed by atoms with van der Waals surface area (Å²) in [5.74, 6) is -0.651. The van der Waals surface area contributed by atoms with E-state index >= 15 is 0 Å². The normalized spacial score (nSPS) is 15.1. The van der Waals surface area contributed by atoms with E-state index in [2.05, 4.69) is 29.5 Å². The Bertz CT molecular complexity index is 1120. The lowest BCUT2D eigenvalue weighted by Crippen LogP contribution is -2.43. The second-order valence-corrected chi connectivity index (χ2v) is 9.90. The number of carbonyl (C=O) groups is 1. The molecule has 8 heteroatoms. The van der Waals surface area contributed by atoms with Gasteiger partial charge in [-0.25, -0.2) is 8.42 Å². The molecule has 0 saturated carbocycles. The number of nitrogens with zero attached hydrogens (tertiary/aromatic N) is 2. The van der Waals surface area contributed by atoms with Gasteiger partial charge in [0.25, 0.3) is 0 Å². The van der Waals surface area contributed by atoms with Crippen LogP contribution in [0.1, 0.15) is 43.0 Å². The molecule has 0 aliphatic carbocycles. The first-order valence-electron chi connectivity index (χ1n) is 10.8. The fourth-order valence-corrected chi connectivity index (χ4v) is 5.07. The molecule has 0 fully saturated rings. The van der Waals surface area contributed by atoms with Crippen molar-refractivity contribution in [2.75, 3.05) is 13.2 Å². The van der Waals surface area contributed by atoms with Gasteiger partial charge in [0.05, 0.1) is 23.1 Å². The van der Waals surface area contributed by atoms with Crippen molar-refractivity contribution < 1.29 is 17.9 Å². The zero-order valence-corrected chi connectivity index (χ0v) is 19.5. The molecule has 32 heavy (non-hydrogen) atoms. The van der Waals surface area contributed by atoms with Crippen LogP contribution in [-0.4, -0.2) is 44.5 Å². The summed E-state index contributed by atoms with van der Waals surface area (Å²) in [4.78, 5) is 15.0. The highest BCUT2D eigenvalue weighted by molar-refractivity contribution is 7.89. The summed E-state index contributed by atoms with van der Waals surface area (Å²) in [7, 11) is -3.96. The lowest BCUT2D eigenvalue weighted by Gasteiger charge is -2.32. The van der Waals surface area contributed by atoms with Gasteiger partial charge in [0, 0.05) is 19.1 Å². The van der Waals surface area contributed by atoms with E-state index in [4.69, 9.17) is 10.00 Å². The Morgan fingerprint density at radius 2 is 2.00 bits per heavy atom. The Labute approximate surface area is 190 Å². The van der Waals surface area contributed by atoms with Crippen molar-refractivity contribution in [2.24, 2.45) is 0 Å². The Morgan fingerprint density at radius 1 is 1.22 bits per heavy atom. The smallest absolute Gasteiger partial charge is 0.324 e. The van der Waals surface area contributed by atoms with Crippen molar-refractivity contribution >= 4 is 16.0 Å². The minimum atomic E-state index is -3.96. The SMILES string of the molecule is CCOC(=O)[C@H](Cc1cccc(C#N)c1)NS(=O)(=O)c1ccc2c(c1)CN(C(C)C)CC2. The number of rotatable bonds is 8. The molecule has 3 rings (SSSR count). The number of esters is 1. The molecule has 0 saturated heterocycles. The molecule has 2 aromatic rings. The first-order valence-corrected chi connectivity index (χ1v) is 12.3. The summed E-state index contributed by atoms with van der Waals surface area (Å²) < 4.78 is 34.0. The monoisotopic (exact) mass is 455 g/mol. The molecule has 0 spiro atoms. The third-order valence-electron chi connectivity index (χ3n) is 5.62. The maximum Gasteiger partial charge on any atom is 0.324 e. The molecule has 1 aliphatic heterocycles. The standard InChI is InChI=1S/C24H29N3O4S/c1-4-31-24(28)23(13-18-6-5-7-19(12-18)15-25)26-32(29,30)22-9-8-20-10-11-27(17(2)3)16-21(20)14-22/h5-9,12,14,17,23,26H,4,10-11,13,16H2,1-3H3/t23-/m0/s1. The van der Waals surface area contributed by atoms with Crippen molar-refractivity contribution in [3.05, 3.63) is 64.7 Å². The zero-order valence-electron chi connectivity index (χ0n) is 18.7.